The lowest BCUT2D eigenvalue weighted by Gasteiger charge is -2.21. The number of nitrogens with one attached hydrogen (secondary N) is 2. The van der Waals surface area contributed by atoms with Gasteiger partial charge in [0, 0.05) is 29.1 Å². The minimum absolute atomic E-state index is 0.195. The van der Waals surface area contributed by atoms with Gasteiger partial charge >= 0.3 is 0 Å². The van der Waals surface area contributed by atoms with Crippen molar-refractivity contribution in [3.8, 4) is 17.0 Å². The lowest BCUT2D eigenvalue weighted by atomic mass is 10.0. The third-order valence-corrected chi connectivity index (χ3v) is 4.98. The molecule has 5 nitrogen and oxygen atoms in total. The number of anilines is 1. The molecule has 142 valence electrons. The van der Waals surface area contributed by atoms with Crippen LogP contribution in [-0.4, -0.2) is 18.1 Å². The van der Waals surface area contributed by atoms with Crippen molar-refractivity contribution in [2.24, 2.45) is 4.40 Å². The number of para-hydroxylation sites is 1. The second-order valence-electron chi connectivity index (χ2n) is 5.96. The summed E-state index contributed by atoms with van der Waals surface area (Å²) < 4.78 is 37.5. The molecule has 0 spiro atoms. The maximum Gasteiger partial charge on any atom is 0.213 e. The van der Waals surface area contributed by atoms with Crippen molar-refractivity contribution in [1.82, 2.24) is 10.3 Å². The van der Waals surface area contributed by atoms with E-state index in [1.165, 1.54) is 18.0 Å². The summed E-state index contributed by atoms with van der Waals surface area (Å²) in [5.74, 6) is -0.720. The summed E-state index contributed by atoms with van der Waals surface area (Å²) in [6.07, 6.45) is 0. The van der Waals surface area contributed by atoms with Crippen molar-refractivity contribution in [2.45, 2.75) is 11.4 Å². The summed E-state index contributed by atoms with van der Waals surface area (Å²) in [7, 11) is 1.56. The highest BCUT2D eigenvalue weighted by Crippen LogP contribution is 2.40. The van der Waals surface area contributed by atoms with Crippen LogP contribution in [0.2, 0.25) is 0 Å². The van der Waals surface area contributed by atoms with Crippen molar-refractivity contribution in [3.63, 3.8) is 0 Å². The lowest BCUT2D eigenvalue weighted by molar-refractivity contribution is 0.396. The Balaban J connectivity index is 1.57. The number of aromatic nitrogens is 1. The third-order valence-electron chi connectivity index (χ3n) is 4.17. The van der Waals surface area contributed by atoms with E-state index >= 15 is 0 Å². The Morgan fingerprint density at radius 2 is 1.82 bits per heavy atom. The Morgan fingerprint density at radius 3 is 2.68 bits per heavy atom. The largest absolute Gasteiger partial charge is 0.481 e. The molecular weight excluding hydrogens is 382 g/mol. The van der Waals surface area contributed by atoms with E-state index < -0.39 is 11.6 Å². The first-order valence-electron chi connectivity index (χ1n) is 8.49. The standard InChI is InChI=1S/C20H16F2N4OS/c1-27-17-10-2-5-12(24-17)11-23-20-25-19-14(7-4-9-16(19)28-26-20)13-6-3-8-15(21)18(13)22/h2-10H,11H2,1H3,(H2,23,25,26). The third kappa shape index (κ3) is 3.63. The molecule has 1 aliphatic rings. The van der Waals surface area contributed by atoms with Crippen LogP contribution in [-0.2, 0) is 6.54 Å². The average Bonchev–Trinajstić information content (AvgIpc) is 2.74. The molecule has 8 heteroatoms. The first-order chi connectivity index (χ1) is 13.7. The van der Waals surface area contributed by atoms with Gasteiger partial charge in [-0.05, 0) is 18.2 Å². The number of fused-ring (bicyclic) bond motifs is 1. The number of pyridine rings is 1. The van der Waals surface area contributed by atoms with Crippen LogP contribution in [0.5, 0.6) is 5.88 Å². The number of benzene rings is 2. The summed E-state index contributed by atoms with van der Waals surface area (Å²) in [6.45, 7) is 0.426. The molecule has 0 fully saturated rings. The van der Waals surface area contributed by atoms with Crippen LogP contribution in [0.25, 0.3) is 11.1 Å². The molecule has 0 bridgehead atoms. The van der Waals surface area contributed by atoms with E-state index in [0.29, 0.717) is 29.6 Å². The number of nitrogens with zero attached hydrogens (tertiary/aromatic N) is 2. The molecule has 2 heterocycles. The highest BCUT2D eigenvalue weighted by Gasteiger charge is 2.20. The molecule has 0 saturated heterocycles. The van der Waals surface area contributed by atoms with Crippen LogP contribution in [0.3, 0.4) is 0 Å². The zero-order valence-electron chi connectivity index (χ0n) is 14.9. The van der Waals surface area contributed by atoms with Crippen LogP contribution in [0.4, 0.5) is 14.5 Å². The van der Waals surface area contributed by atoms with E-state index in [1.54, 1.807) is 31.4 Å². The number of methoxy groups -OCH3 is 1. The molecule has 0 amide bonds. The van der Waals surface area contributed by atoms with Crippen molar-refractivity contribution in [2.75, 3.05) is 12.4 Å². The van der Waals surface area contributed by atoms with Crippen LogP contribution in [0, 0.1) is 11.6 Å². The topological polar surface area (TPSA) is 58.5 Å². The number of guanidine groups is 1. The Kier molecular flexibility index (Phi) is 5.12. The summed E-state index contributed by atoms with van der Waals surface area (Å²) in [6, 6.07) is 15.1. The average molecular weight is 398 g/mol. The summed E-state index contributed by atoms with van der Waals surface area (Å²) >= 11 is 1.26. The number of hydrogen-bond donors (Lipinski definition) is 2. The van der Waals surface area contributed by atoms with Crippen LogP contribution >= 0.6 is 11.9 Å². The predicted molar refractivity (Wildman–Crippen MR) is 106 cm³/mol. The van der Waals surface area contributed by atoms with E-state index in [9.17, 15) is 8.78 Å². The monoisotopic (exact) mass is 398 g/mol. The van der Waals surface area contributed by atoms with E-state index in [0.717, 1.165) is 16.7 Å². The molecule has 0 radical (unpaired) electrons. The number of rotatable bonds is 4. The fourth-order valence-electron chi connectivity index (χ4n) is 2.83. The first kappa shape index (κ1) is 18.2. The molecule has 3 aromatic rings. The Bertz CT molecular complexity index is 1060. The van der Waals surface area contributed by atoms with Crippen LogP contribution < -0.4 is 15.4 Å². The zero-order chi connectivity index (χ0) is 19.5. The maximum atomic E-state index is 14.3. The van der Waals surface area contributed by atoms with Gasteiger partial charge in [0.1, 0.15) is 0 Å². The maximum absolute atomic E-state index is 14.3. The highest BCUT2D eigenvalue weighted by atomic mass is 32.2. The number of ether oxygens (including phenoxy) is 1. The van der Waals surface area contributed by atoms with Gasteiger partial charge in [-0.25, -0.2) is 13.8 Å². The molecule has 1 aromatic heterocycles. The Morgan fingerprint density at radius 1 is 1.04 bits per heavy atom. The Labute approximate surface area is 165 Å². The quantitative estimate of drug-likeness (QED) is 0.629. The van der Waals surface area contributed by atoms with E-state index in [2.05, 4.69) is 20.0 Å². The van der Waals surface area contributed by atoms with Gasteiger partial charge in [-0.15, -0.1) is 0 Å². The van der Waals surface area contributed by atoms with Gasteiger partial charge < -0.3 is 15.4 Å². The molecule has 0 unspecified atom stereocenters. The van der Waals surface area contributed by atoms with Gasteiger partial charge in [0.05, 0.1) is 29.9 Å². The number of hydrogen-bond acceptors (Lipinski definition) is 6. The molecule has 0 aliphatic carbocycles. The fraction of sp³-hybridized carbons (Fsp3) is 0.100. The minimum atomic E-state index is -0.880. The van der Waals surface area contributed by atoms with Crippen LogP contribution in [0.15, 0.2) is 63.9 Å². The summed E-state index contributed by atoms with van der Waals surface area (Å²) in [5, 5.41) is 6.35. The first-order valence-corrected chi connectivity index (χ1v) is 9.26. The smallest absolute Gasteiger partial charge is 0.213 e. The van der Waals surface area contributed by atoms with Gasteiger partial charge in [-0.2, -0.15) is 4.40 Å². The summed E-state index contributed by atoms with van der Waals surface area (Å²) in [4.78, 5) is 5.17. The molecule has 0 saturated carbocycles. The van der Waals surface area contributed by atoms with E-state index in [1.807, 2.05) is 18.2 Å². The van der Waals surface area contributed by atoms with E-state index in [-0.39, 0.29) is 5.56 Å². The molecule has 2 aromatic carbocycles. The zero-order valence-corrected chi connectivity index (χ0v) is 15.7. The lowest BCUT2D eigenvalue weighted by Crippen LogP contribution is -2.31. The van der Waals surface area contributed by atoms with E-state index in [4.69, 9.17) is 4.74 Å². The normalized spacial score (nSPS) is 12.6. The predicted octanol–water partition coefficient (Wildman–Crippen LogP) is 4.61. The summed E-state index contributed by atoms with van der Waals surface area (Å²) in [5.41, 5.74) is 2.22. The van der Waals surface area contributed by atoms with Crippen molar-refractivity contribution >= 4 is 23.6 Å². The number of halogens is 2. The van der Waals surface area contributed by atoms with Gasteiger partial charge in [-0.3, -0.25) is 0 Å². The van der Waals surface area contributed by atoms with Crippen LogP contribution in [0.1, 0.15) is 5.69 Å². The van der Waals surface area contributed by atoms with Gasteiger partial charge in [0.25, 0.3) is 0 Å². The molecule has 0 atom stereocenters. The van der Waals surface area contributed by atoms with Gasteiger partial charge in [-0.1, -0.05) is 30.3 Å². The molecule has 4 rings (SSSR count). The van der Waals surface area contributed by atoms with Gasteiger partial charge in [0.2, 0.25) is 11.8 Å². The molecule has 2 N–H and O–H groups in total. The van der Waals surface area contributed by atoms with Crippen molar-refractivity contribution in [1.29, 1.82) is 0 Å². The molecule has 1 aliphatic heterocycles. The SMILES string of the molecule is COc1cccc(CNC2=NSc3cccc(-c4cccc(F)c4F)c3N2)n1. The minimum Gasteiger partial charge on any atom is -0.481 e. The van der Waals surface area contributed by atoms with Crippen molar-refractivity contribution in [3.05, 3.63) is 71.9 Å². The van der Waals surface area contributed by atoms with Crippen molar-refractivity contribution < 1.29 is 13.5 Å². The molecular formula is C20H16F2N4OS. The van der Waals surface area contributed by atoms with Gasteiger partial charge in [0.15, 0.2) is 11.6 Å². The molecule has 28 heavy (non-hydrogen) atoms. The Hall–Kier alpha value is -3.13. The fourth-order valence-corrected chi connectivity index (χ4v) is 3.52. The second kappa shape index (κ2) is 7.85. The second-order valence-corrected chi connectivity index (χ2v) is 6.77. The highest BCUT2D eigenvalue weighted by molar-refractivity contribution is 7.98.